The normalized spacial score (nSPS) is 13.6. The van der Waals surface area contributed by atoms with Gasteiger partial charge in [-0.2, -0.15) is 11.8 Å². The first kappa shape index (κ1) is 13.2. The largest absolute Gasteiger partial charge is 0.481 e. The summed E-state index contributed by atoms with van der Waals surface area (Å²) < 4.78 is 0. The van der Waals surface area contributed by atoms with Crippen LogP contribution in [0.5, 0.6) is 0 Å². The molecular weight excluding hydrogens is 206 g/mol. The van der Waals surface area contributed by atoms with Gasteiger partial charge in [-0.15, -0.1) is 0 Å². The van der Waals surface area contributed by atoms with Gasteiger partial charge in [-0.3, -0.25) is 9.59 Å². The predicted molar refractivity (Wildman–Crippen MR) is 54.4 cm³/mol. The molecule has 0 bridgehead atoms. The maximum absolute atomic E-state index is 10.7. The topological polar surface area (TPSA) is 101 Å². The maximum atomic E-state index is 10.7. The number of rotatable bonds is 6. The van der Waals surface area contributed by atoms with Crippen LogP contribution in [0.4, 0.5) is 0 Å². The minimum Gasteiger partial charge on any atom is -0.481 e. The molecule has 6 heteroatoms. The Morgan fingerprint density at radius 2 is 1.93 bits per heavy atom. The van der Waals surface area contributed by atoms with E-state index in [2.05, 4.69) is 0 Å². The van der Waals surface area contributed by atoms with E-state index in [0.29, 0.717) is 5.75 Å². The molecule has 0 aromatic carbocycles. The fourth-order valence-corrected chi connectivity index (χ4v) is 1.72. The highest BCUT2D eigenvalue weighted by molar-refractivity contribution is 7.99. The van der Waals surface area contributed by atoms with Crippen LogP contribution in [0.2, 0.25) is 0 Å². The second-order valence-corrected chi connectivity index (χ2v) is 4.68. The Morgan fingerprint density at radius 3 is 2.29 bits per heavy atom. The van der Waals surface area contributed by atoms with Gasteiger partial charge in [-0.25, -0.2) is 0 Å². The summed E-state index contributed by atoms with van der Waals surface area (Å²) in [6.45, 7) is 3.18. The van der Waals surface area contributed by atoms with Crippen LogP contribution in [0.25, 0.3) is 0 Å². The van der Waals surface area contributed by atoms with E-state index >= 15 is 0 Å². The van der Waals surface area contributed by atoms with Crippen molar-refractivity contribution in [3.8, 4) is 0 Å². The zero-order valence-electron chi connectivity index (χ0n) is 8.19. The van der Waals surface area contributed by atoms with Crippen LogP contribution in [0.15, 0.2) is 0 Å². The molecule has 1 atom stereocenters. The van der Waals surface area contributed by atoms with E-state index < -0.39 is 23.4 Å². The first-order valence-electron chi connectivity index (χ1n) is 4.07. The van der Waals surface area contributed by atoms with Crippen molar-refractivity contribution in [1.29, 1.82) is 0 Å². The Labute approximate surface area is 86.7 Å². The highest BCUT2D eigenvalue weighted by Gasteiger charge is 2.27. The van der Waals surface area contributed by atoms with Crippen molar-refractivity contribution in [2.24, 2.45) is 11.1 Å². The maximum Gasteiger partial charge on any atom is 0.321 e. The molecule has 0 aromatic heterocycles. The third-order valence-electron chi connectivity index (χ3n) is 1.66. The summed E-state index contributed by atoms with van der Waals surface area (Å²) in [5.74, 6) is -1.38. The van der Waals surface area contributed by atoms with Gasteiger partial charge in [0.05, 0.1) is 5.41 Å². The van der Waals surface area contributed by atoms with Gasteiger partial charge in [0, 0.05) is 11.5 Å². The average Bonchev–Trinajstić information content (AvgIpc) is 2.03. The molecule has 5 nitrogen and oxygen atoms in total. The number of hydrogen-bond donors (Lipinski definition) is 3. The first-order chi connectivity index (χ1) is 6.27. The summed E-state index contributed by atoms with van der Waals surface area (Å²) in [6.07, 6.45) is 0. The summed E-state index contributed by atoms with van der Waals surface area (Å²) in [7, 11) is 0. The number of hydrogen-bond acceptors (Lipinski definition) is 4. The minimum atomic E-state index is -1.06. The Morgan fingerprint density at radius 1 is 1.43 bits per heavy atom. The van der Waals surface area contributed by atoms with Gasteiger partial charge in [0.25, 0.3) is 0 Å². The van der Waals surface area contributed by atoms with Gasteiger partial charge in [-0.05, 0) is 13.8 Å². The van der Waals surface area contributed by atoms with E-state index in [1.54, 1.807) is 13.8 Å². The molecule has 0 radical (unpaired) electrons. The van der Waals surface area contributed by atoms with Crippen molar-refractivity contribution >= 4 is 23.7 Å². The molecule has 0 aromatic rings. The third-order valence-corrected chi connectivity index (χ3v) is 3.18. The van der Waals surface area contributed by atoms with Crippen molar-refractivity contribution in [3.05, 3.63) is 0 Å². The minimum absolute atomic E-state index is 0.228. The number of nitrogens with two attached hydrogens (primary N) is 1. The van der Waals surface area contributed by atoms with Crippen LogP contribution < -0.4 is 5.73 Å². The summed E-state index contributed by atoms with van der Waals surface area (Å²) >= 11 is 1.24. The fraction of sp³-hybridized carbons (Fsp3) is 0.750. The van der Waals surface area contributed by atoms with E-state index in [-0.39, 0.29) is 5.75 Å². The molecule has 0 unspecified atom stereocenters. The molecule has 0 aliphatic carbocycles. The van der Waals surface area contributed by atoms with Crippen LogP contribution >= 0.6 is 11.8 Å². The number of carbonyl (C=O) groups is 2. The van der Waals surface area contributed by atoms with Crippen LogP contribution in [0, 0.1) is 5.41 Å². The van der Waals surface area contributed by atoms with E-state index in [9.17, 15) is 9.59 Å². The highest BCUT2D eigenvalue weighted by Crippen LogP contribution is 2.22. The van der Waals surface area contributed by atoms with E-state index in [0.717, 1.165) is 0 Å². The molecule has 0 fully saturated rings. The van der Waals surface area contributed by atoms with Gasteiger partial charge in [0.1, 0.15) is 6.04 Å². The van der Waals surface area contributed by atoms with Crippen LogP contribution in [0.3, 0.4) is 0 Å². The second kappa shape index (κ2) is 5.21. The monoisotopic (exact) mass is 221 g/mol. The smallest absolute Gasteiger partial charge is 0.321 e. The number of thioether (sulfide) groups is 1. The second-order valence-electron chi connectivity index (χ2n) is 3.65. The zero-order valence-corrected chi connectivity index (χ0v) is 9.00. The molecule has 0 aliphatic heterocycles. The molecule has 14 heavy (non-hydrogen) atoms. The van der Waals surface area contributed by atoms with Crippen molar-refractivity contribution in [3.63, 3.8) is 0 Å². The zero-order chi connectivity index (χ0) is 11.4. The van der Waals surface area contributed by atoms with Gasteiger partial charge >= 0.3 is 11.9 Å². The lowest BCUT2D eigenvalue weighted by atomic mass is 9.97. The van der Waals surface area contributed by atoms with Gasteiger partial charge in [0.2, 0.25) is 0 Å². The van der Waals surface area contributed by atoms with Crippen LogP contribution in [-0.4, -0.2) is 39.7 Å². The fourth-order valence-electron chi connectivity index (χ4n) is 0.574. The van der Waals surface area contributed by atoms with Gasteiger partial charge < -0.3 is 15.9 Å². The van der Waals surface area contributed by atoms with Crippen molar-refractivity contribution in [1.82, 2.24) is 0 Å². The molecule has 0 saturated carbocycles. The first-order valence-corrected chi connectivity index (χ1v) is 5.22. The summed E-state index contributed by atoms with van der Waals surface area (Å²) in [6, 6.07) is -0.926. The van der Waals surface area contributed by atoms with E-state index in [4.69, 9.17) is 15.9 Å². The molecule has 0 aliphatic rings. The summed E-state index contributed by atoms with van der Waals surface area (Å²) in [5, 5.41) is 17.2. The molecule has 0 heterocycles. The van der Waals surface area contributed by atoms with E-state index in [1.807, 2.05) is 0 Å². The number of aliphatic carboxylic acids is 2. The molecule has 0 amide bonds. The molecular formula is C8H15NO4S. The SMILES string of the molecule is CC(C)(CSC[C@H](N)C(=O)O)C(=O)O. The number of carboxylic acid groups (broad SMARTS) is 2. The van der Waals surface area contributed by atoms with Crippen molar-refractivity contribution < 1.29 is 19.8 Å². The Hall–Kier alpha value is -0.750. The van der Waals surface area contributed by atoms with Crippen LogP contribution in [0.1, 0.15) is 13.8 Å². The summed E-state index contributed by atoms with van der Waals surface area (Å²) in [5.41, 5.74) is 4.41. The highest BCUT2D eigenvalue weighted by atomic mass is 32.2. The predicted octanol–water partition coefficient (Wildman–Crippen LogP) is 0.242. The lowest BCUT2D eigenvalue weighted by molar-refractivity contribution is -0.145. The molecule has 0 rings (SSSR count). The third kappa shape index (κ3) is 4.48. The molecule has 0 spiro atoms. The lowest BCUT2D eigenvalue weighted by Gasteiger charge is -2.18. The average molecular weight is 221 g/mol. The number of carboxylic acids is 2. The van der Waals surface area contributed by atoms with Crippen molar-refractivity contribution in [2.45, 2.75) is 19.9 Å². The van der Waals surface area contributed by atoms with Gasteiger partial charge in [-0.1, -0.05) is 0 Å². The Balaban J connectivity index is 3.85. The Bertz CT molecular complexity index is 229. The van der Waals surface area contributed by atoms with Gasteiger partial charge in [0.15, 0.2) is 0 Å². The molecule has 82 valence electrons. The van der Waals surface area contributed by atoms with Crippen LogP contribution in [-0.2, 0) is 9.59 Å². The quantitative estimate of drug-likeness (QED) is 0.594. The Kier molecular flexibility index (Phi) is 4.93. The molecule has 4 N–H and O–H groups in total. The lowest BCUT2D eigenvalue weighted by Crippen LogP contribution is -2.34. The van der Waals surface area contributed by atoms with Crippen molar-refractivity contribution in [2.75, 3.05) is 11.5 Å². The standard InChI is InChI=1S/C8H15NO4S/c1-8(2,7(12)13)4-14-3-5(9)6(10)11/h5H,3-4,9H2,1-2H3,(H,10,11)(H,12,13)/t5-/m0/s1. The van der Waals surface area contributed by atoms with E-state index in [1.165, 1.54) is 11.8 Å². The molecule has 0 saturated heterocycles. The summed E-state index contributed by atoms with van der Waals surface area (Å²) in [4.78, 5) is 21.0.